The molecule has 3 N–H and O–H groups in total. The number of benzene rings is 1. The Bertz CT molecular complexity index is 561. The second kappa shape index (κ2) is 6.79. The van der Waals surface area contributed by atoms with Crippen LogP contribution in [0.5, 0.6) is 0 Å². The van der Waals surface area contributed by atoms with Gasteiger partial charge in [-0.3, -0.25) is 9.59 Å². The van der Waals surface area contributed by atoms with Crippen LogP contribution in [0.15, 0.2) is 28.7 Å². The second-order valence-electron chi connectivity index (χ2n) is 6.26. The van der Waals surface area contributed by atoms with E-state index >= 15 is 0 Å². The van der Waals surface area contributed by atoms with E-state index in [0.717, 1.165) is 10.2 Å². The summed E-state index contributed by atoms with van der Waals surface area (Å²) in [5.41, 5.74) is 5.76. The fourth-order valence-corrected chi connectivity index (χ4v) is 2.93. The molecule has 6 heteroatoms. The van der Waals surface area contributed by atoms with Gasteiger partial charge in [-0.05, 0) is 54.8 Å². The van der Waals surface area contributed by atoms with Crippen molar-refractivity contribution in [3.63, 3.8) is 0 Å². The van der Waals surface area contributed by atoms with Crippen LogP contribution in [0.2, 0.25) is 0 Å². The zero-order chi connectivity index (χ0) is 16.3. The fraction of sp³-hybridized carbons (Fsp3) is 0.500. The average molecular weight is 368 g/mol. The van der Waals surface area contributed by atoms with E-state index in [0.29, 0.717) is 25.9 Å². The number of piperidine rings is 1. The molecule has 0 spiro atoms. The molecule has 120 valence electrons. The van der Waals surface area contributed by atoms with Gasteiger partial charge in [-0.15, -0.1) is 0 Å². The summed E-state index contributed by atoms with van der Waals surface area (Å²) < 4.78 is 0.862. The molecule has 0 radical (unpaired) electrons. The Morgan fingerprint density at radius 3 is 2.41 bits per heavy atom. The number of carbonyl (C=O) groups is 2. The maximum absolute atomic E-state index is 12.3. The van der Waals surface area contributed by atoms with Crippen molar-refractivity contribution in [3.8, 4) is 0 Å². The zero-order valence-electron chi connectivity index (χ0n) is 12.9. The van der Waals surface area contributed by atoms with Gasteiger partial charge < -0.3 is 16.0 Å². The van der Waals surface area contributed by atoms with Crippen molar-refractivity contribution in [3.05, 3.63) is 28.7 Å². The number of nitrogens with zero attached hydrogens (tertiary/aromatic N) is 1. The van der Waals surface area contributed by atoms with Gasteiger partial charge >= 0.3 is 0 Å². The normalized spacial score (nSPS) is 16.5. The molecule has 0 aliphatic carbocycles. The van der Waals surface area contributed by atoms with Gasteiger partial charge in [0.15, 0.2) is 0 Å². The molecule has 1 heterocycles. The lowest BCUT2D eigenvalue weighted by Gasteiger charge is -2.35. The summed E-state index contributed by atoms with van der Waals surface area (Å²) >= 11 is 3.42. The lowest BCUT2D eigenvalue weighted by molar-refractivity contribution is -0.138. The molecule has 0 aromatic heterocycles. The third-order valence-electron chi connectivity index (χ3n) is 3.84. The molecule has 1 aromatic rings. The Labute approximate surface area is 139 Å². The number of halogens is 1. The van der Waals surface area contributed by atoms with Gasteiger partial charge in [0.05, 0.1) is 11.2 Å². The van der Waals surface area contributed by atoms with Crippen molar-refractivity contribution in [2.24, 2.45) is 11.7 Å². The molecule has 1 aliphatic heterocycles. The molecule has 1 aromatic carbocycles. The average Bonchev–Trinajstić information content (AvgIpc) is 2.48. The van der Waals surface area contributed by atoms with Crippen LogP contribution in [0, 0.1) is 5.92 Å². The Morgan fingerprint density at radius 1 is 1.27 bits per heavy atom. The van der Waals surface area contributed by atoms with Gasteiger partial charge in [0.2, 0.25) is 11.8 Å². The third kappa shape index (κ3) is 4.08. The molecule has 2 rings (SSSR count). The molecule has 1 aliphatic rings. The van der Waals surface area contributed by atoms with Crippen LogP contribution >= 0.6 is 15.9 Å². The van der Waals surface area contributed by atoms with E-state index in [1.807, 2.05) is 24.3 Å². The number of likely N-dealkylation sites (tertiary alicyclic amines) is 1. The molecule has 0 unspecified atom stereocenters. The van der Waals surface area contributed by atoms with Crippen LogP contribution in [0.1, 0.15) is 26.7 Å². The van der Waals surface area contributed by atoms with Crippen LogP contribution in [0.3, 0.4) is 0 Å². The van der Waals surface area contributed by atoms with E-state index in [1.165, 1.54) is 0 Å². The first-order chi connectivity index (χ1) is 10.3. The maximum Gasteiger partial charge on any atom is 0.242 e. The number of amides is 2. The minimum absolute atomic E-state index is 0.00556. The molecule has 1 saturated heterocycles. The summed E-state index contributed by atoms with van der Waals surface area (Å²) in [5, 5.41) is 2.94. The summed E-state index contributed by atoms with van der Waals surface area (Å²) in [6, 6.07) is 7.53. The lowest BCUT2D eigenvalue weighted by atomic mass is 9.94. The number of hydrogen-bond donors (Lipinski definition) is 2. The molecule has 0 atom stereocenters. The molecule has 0 bridgehead atoms. The van der Waals surface area contributed by atoms with E-state index in [-0.39, 0.29) is 17.7 Å². The zero-order valence-corrected chi connectivity index (χ0v) is 14.5. The van der Waals surface area contributed by atoms with Gasteiger partial charge in [-0.1, -0.05) is 12.1 Å². The molecule has 1 fully saturated rings. The van der Waals surface area contributed by atoms with Crippen LogP contribution in [0.4, 0.5) is 5.69 Å². The van der Waals surface area contributed by atoms with Crippen LogP contribution in [-0.4, -0.2) is 35.3 Å². The van der Waals surface area contributed by atoms with Crippen molar-refractivity contribution in [1.29, 1.82) is 0 Å². The van der Waals surface area contributed by atoms with Crippen LogP contribution < -0.4 is 11.1 Å². The minimum atomic E-state index is -0.857. The quantitative estimate of drug-likeness (QED) is 0.860. The topological polar surface area (TPSA) is 75.4 Å². The monoisotopic (exact) mass is 367 g/mol. The van der Waals surface area contributed by atoms with E-state index in [9.17, 15) is 9.59 Å². The van der Waals surface area contributed by atoms with Crippen molar-refractivity contribution < 1.29 is 9.59 Å². The number of anilines is 1. The number of nitrogens with one attached hydrogen (secondary N) is 1. The first kappa shape index (κ1) is 17.0. The summed E-state index contributed by atoms with van der Waals surface area (Å²) in [6.07, 6.45) is 1.33. The van der Waals surface area contributed by atoms with Gasteiger partial charge in [-0.2, -0.15) is 0 Å². The van der Waals surface area contributed by atoms with E-state index in [2.05, 4.69) is 21.2 Å². The molecular formula is C16H22BrN3O2. The standard InChI is InChI=1S/C16H22BrN3O2/c1-16(2,18)15(22)20-9-7-11(8-10-20)14(21)19-13-6-4-3-5-12(13)17/h3-6,11H,7-10,18H2,1-2H3,(H,19,21). The number of carbonyl (C=O) groups excluding carboxylic acids is 2. The molecule has 2 amide bonds. The highest BCUT2D eigenvalue weighted by molar-refractivity contribution is 9.10. The fourth-order valence-electron chi connectivity index (χ4n) is 2.55. The van der Waals surface area contributed by atoms with E-state index in [1.54, 1.807) is 18.7 Å². The van der Waals surface area contributed by atoms with E-state index < -0.39 is 5.54 Å². The van der Waals surface area contributed by atoms with Gasteiger partial charge in [-0.25, -0.2) is 0 Å². The predicted octanol–water partition coefficient (Wildman–Crippen LogP) is 2.36. The van der Waals surface area contributed by atoms with Gasteiger partial charge in [0.1, 0.15) is 0 Å². The molecule has 5 nitrogen and oxygen atoms in total. The molecule has 22 heavy (non-hydrogen) atoms. The lowest BCUT2D eigenvalue weighted by Crippen LogP contribution is -2.53. The minimum Gasteiger partial charge on any atom is -0.341 e. The smallest absolute Gasteiger partial charge is 0.242 e. The highest BCUT2D eigenvalue weighted by atomic mass is 79.9. The highest BCUT2D eigenvalue weighted by Gasteiger charge is 2.32. The first-order valence-electron chi connectivity index (χ1n) is 7.42. The van der Waals surface area contributed by atoms with Crippen LogP contribution in [-0.2, 0) is 9.59 Å². The third-order valence-corrected chi connectivity index (χ3v) is 4.53. The number of para-hydroxylation sites is 1. The van der Waals surface area contributed by atoms with E-state index in [4.69, 9.17) is 5.73 Å². The van der Waals surface area contributed by atoms with Crippen molar-refractivity contribution >= 4 is 33.4 Å². The highest BCUT2D eigenvalue weighted by Crippen LogP contribution is 2.25. The van der Waals surface area contributed by atoms with Crippen molar-refractivity contribution in [2.75, 3.05) is 18.4 Å². The maximum atomic E-state index is 12.3. The van der Waals surface area contributed by atoms with Gasteiger partial charge in [0, 0.05) is 23.5 Å². The number of rotatable bonds is 3. The van der Waals surface area contributed by atoms with Crippen molar-refractivity contribution in [2.45, 2.75) is 32.2 Å². The summed E-state index contributed by atoms with van der Waals surface area (Å²) in [4.78, 5) is 26.2. The second-order valence-corrected chi connectivity index (χ2v) is 7.11. The predicted molar refractivity (Wildman–Crippen MR) is 90.3 cm³/mol. The van der Waals surface area contributed by atoms with Crippen LogP contribution in [0.25, 0.3) is 0 Å². The summed E-state index contributed by atoms with van der Waals surface area (Å²) in [7, 11) is 0. The summed E-state index contributed by atoms with van der Waals surface area (Å²) in [5.74, 6) is -0.125. The Kier molecular flexibility index (Phi) is 5.24. The van der Waals surface area contributed by atoms with Crippen molar-refractivity contribution in [1.82, 2.24) is 4.90 Å². The Balaban J connectivity index is 1.90. The number of hydrogen-bond acceptors (Lipinski definition) is 3. The Hall–Kier alpha value is -1.40. The molecule has 0 saturated carbocycles. The molecular weight excluding hydrogens is 346 g/mol. The Morgan fingerprint density at radius 2 is 1.86 bits per heavy atom. The van der Waals surface area contributed by atoms with Gasteiger partial charge in [0.25, 0.3) is 0 Å². The first-order valence-corrected chi connectivity index (χ1v) is 8.22. The largest absolute Gasteiger partial charge is 0.341 e. The number of nitrogens with two attached hydrogens (primary N) is 1. The summed E-state index contributed by atoms with van der Waals surface area (Å²) in [6.45, 7) is 4.57. The SMILES string of the molecule is CC(C)(N)C(=O)N1CCC(C(=O)Nc2ccccc2Br)CC1.